The van der Waals surface area contributed by atoms with Gasteiger partial charge in [0.2, 0.25) is 0 Å². The lowest BCUT2D eigenvalue weighted by molar-refractivity contribution is 0.0656. The molecule has 0 aliphatic carbocycles. The minimum atomic E-state index is -0.211. The summed E-state index contributed by atoms with van der Waals surface area (Å²) in [4.78, 5) is 33.1. The molecule has 20 heavy (non-hydrogen) atoms. The smallest absolute Gasteiger partial charge is 0.261 e. The number of imide groups is 1. The first-order chi connectivity index (χ1) is 9.70. The highest BCUT2D eigenvalue weighted by molar-refractivity contribution is 6.21. The molecule has 5 heteroatoms. The molecule has 0 atom stereocenters. The summed E-state index contributed by atoms with van der Waals surface area (Å²) in [5.74, 6) is 0.496. The zero-order chi connectivity index (χ0) is 14.1. The maximum Gasteiger partial charge on any atom is 0.261 e. The van der Waals surface area contributed by atoms with Crippen LogP contribution in [0.5, 0.6) is 0 Å². The predicted molar refractivity (Wildman–Crippen MR) is 73.5 cm³/mol. The second-order valence-electron chi connectivity index (χ2n) is 4.75. The number of hydrogen-bond donors (Lipinski definition) is 1. The third-order valence-corrected chi connectivity index (χ3v) is 3.49. The van der Waals surface area contributed by atoms with Crippen LogP contribution in [0, 0.1) is 0 Å². The highest BCUT2D eigenvalue weighted by atomic mass is 16.2. The van der Waals surface area contributed by atoms with E-state index in [4.69, 9.17) is 0 Å². The lowest BCUT2D eigenvalue weighted by Gasteiger charge is -2.12. The van der Waals surface area contributed by atoms with Crippen LogP contribution in [0.2, 0.25) is 0 Å². The summed E-state index contributed by atoms with van der Waals surface area (Å²) in [6.45, 7) is 2.38. The van der Waals surface area contributed by atoms with Crippen LogP contribution in [-0.2, 0) is 12.8 Å². The lowest BCUT2D eigenvalue weighted by Crippen LogP contribution is -2.31. The SMILES string of the molecule is CCc1nc(CCN2C(=O)c3ccccc3C2=O)c[nH]1. The van der Waals surface area contributed by atoms with Gasteiger partial charge in [0.25, 0.3) is 11.8 Å². The molecule has 1 N–H and O–H groups in total. The van der Waals surface area contributed by atoms with Crippen molar-refractivity contribution >= 4 is 11.8 Å². The van der Waals surface area contributed by atoms with Crippen LogP contribution >= 0.6 is 0 Å². The molecule has 1 aromatic carbocycles. The Morgan fingerprint density at radius 1 is 1.15 bits per heavy atom. The van der Waals surface area contributed by atoms with Crippen molar-refractivity contribution in [2.45, 2.75) is 19.8 Å². The van der Waals surface area contributed by atoms with E-state index < -0.39 is 0 Å². The number of hydrogen-bond acceptors (Lipinski definition) is 3. The van der Waals surface area contributed by atoms with Gasteiger partial charge >= 0.3 is 0 Å². The maximum absolute atomic E-state index is 12.2. The summed E-state index contributed by atoms with van der Waals surface area (Å²) in [5.41, 5.74) is 1.86. The van der Waals surface area contributed by atoms with Crippen LogP contribution in [0.15, 0.2) is 30.5 Å². The second-order valence-corrected chi connectivity index (χ2v) is 4.75. The average molecular weight is 269 g/mol. The molecule has 1 aliphatic rings. The van der Waals surface area contributed by atoms with Crippen LogP contribution in [0.1, 0.15) is 39.2 Å². The van der Waals surface area contributed by atoms with E-state index in [9.17, 15) is 9.59 Å². The van der Waals surface area contributed by atoms with Gasteiger partial charge in [0, 0.05) is 25.6 Å². The molecule has 0 bridgehead atoms. The van der Waals surface area contributed by atoms with Gasteiger partial charge in [-0.05, 0) is 12.1 Å². The van der Waals surface area contributed by atoms with E-state index >= 15 is 0 Å². The molecule has 102 valence electrons. The highest BCUT2D eigenvalue weighted by Gasteiger charge is 2.34. The largest absolute Gasteiger partial charge is 0.348 e. The fourth-order valence-corrected chi connectivity index (χ4v) is 2.38. The first-order valence-corrected chi connectivity index (χ1v) is 6.69. The van der Waals surface area contributed by atoms with Crippen molar-refractivity contribution in [3.63, 3.8) is 0 Å². The summed E-state index contributed by atoms with van der Waals surface area (Å²) >= 11 is 0. The molecule has 2 aromatic rings. The van der Waals surface area contributed by atoms with E-state index in [1.807, 2.05) is 13.1 Å². The van der Waals surface area contributed by atoms with Crippen molar-refractivity contribution in [2.75, 3.05) is 6.54 Å². The number of amides is 2. The van der Waals surface area contributed by atoms with Crippen LogP contribution in [0.4, 0.5) is 0 Å². The van der Waals surface area contributed by atoms with Crippen LogP contribution in [0.3, 0.4) is 0 Å². The average Bonchev–Trinajstić information content (AvgIpc) is 3.03. The molecule has 0 radical (unpaired) electrons. The number of benzene rings is 1. The maximum atomic E-state index is 12.2. The number of carbonyl (C=O) groups excluding carboxylic acids is 2. The Balaban J connectivity index is 1.73. The number of imidazole rings is 1. The molecule has 0 fully saturated rings. The number of nitrogens with one attached hydrogen (secondary N) is 1. The van der Waals surface area contributed by atoms with Crippen molar-refractivity contribution in [3.05, 3.63) is 53.1 Å². The summed E-state index contributed by atoms with van der Waals surface area (Å²) in [7, 11) is 0. The molecule has 1 aliphatic heterocycles. The topological polar surface area (TPSA) is 66.1 Å². The number of aromatic amines is 1. The first-order valence-electron chi connectivity index (χ1n) is 6.69. The molecular weight excluding hydrogens is 254 g/mol. The summed E-state index contributed by atoms with van der Waals surface area (Å²) in [6.07, 6.45) is 3.24. The van der Waals surface area contributed by atoms with Crippen molar-refractivity contribution in [1.29, 1.82) is 0 Å². The number of rotatable bonds is 4. The third kappa shape index (κ3) is 2.01. The molecule has 0 saturated carbocycles. The van der Waals surface area contributed by atoms with E-state index in [2.05, 4.69) is 9.97 Å². The van der Waals surface area contributed by atoms with Gasteiger partial charge in [-0.25, -0.2) is 4.98 Å². The number of aromatic nitrogens is 2. The Kier molecular flexibility index (Phi) is 3.10. The zero-order valence-corrected chi connectivity index (χ0v) is 11.2. The number of carbonyl (C=O) groups is 2. The van der Waals surface area contributed by atoms with E-state index in [1.165, 1.54) is 4.90 Å². The molecular formula is C15H15N3O2. The first kappa shape index (κ1) is 12.6. The summed E-state index contributed by atoms with van der Waals surface area (Å²) in [6, 6.07) is 6.93. The van der Waals surface area contributed by atoms with E-state index in [0.29, 0.717) is 24.1 Å². The third-order valence-electron chi connectivity index (χ3n) is 3.49. The Hall–Kier alpha value is -2.43. The normalized spacial score (nSPS) is 13.9. The summed E-state index contributed by atoms with van der Waals surface area (Å²) in [5, 5.41) is 0. The molecule has 2 heterocycles. The van der Waals surface area contributed by atoms with E-state index in [-0.39, 0.29) is 11.8 Å². The summed E-state index contributed by atoms with van der Waals surface area (Å²) < 4.78 is 0. The van der Waals surface area contributed by atoms with Crippen LogP contribution in [-0.4, -0.2) is 33.2 Å². The highest BCUT2D eigenvalue weighted by Crippen LogP contribution is 2.22. The minimum absolute atomic E-state index is 0.211. The number of nitrogens with zero attached hydrogens (tertiary/aromatic N) is 2. The molecule has 0 saturated heterocycles. The van der Waals surface area contributed by atoms with Crippen LogP contribution in [0.25, 0.3) is 0 Å². The number of fused-ring (bicyclic) bond motifs is 1. The molecule has 3 rings (SSSR count). The van der Waals surface area contributed by atoms with E-state index in [1.54, 1.807) is 24.3 Å². The van der Waals surface area contributed by atoms with Crippen LogP contribution < -0.4 is 0 Å². The van der Waals surface area contributed by atoms with Crippen molar-refractivity contribution in [3.8, 4) is 0 Å². The zero-order valence-electron chi connectivity index (χ0n) is 11.2. The Morgan fingerprint density at radius 2 is 1.80 bits per heavy atom. The molecule has 0 spiro atoms. The Labute approximate surface area is 116 Å². The molecule has 2 amide bonds. The lowest BCUT2D eigenvalue weighted by atomic mass is 10.1. The van der Waals surface area contributed by atoms with Gasteiger partial charge < -0.3 is 4.98 Å². The predicted octanol–water partition coefficient (Wildman–Crippen LogP) is 1.81. The molecule has 5 nitrogen and oxygen atoms in total. The Morgan fingerprint density at radius 3 is 2.35 bits per heavy atom. The Bertz CT molecular complexity index is 640. The van der Waals surface area contributed by atoms with Gasteiger partial charge in [-0.15, -0.1) is 0 Å². The van der Waals surface area contributed by atoms with Gasteiger partial charge in [0.15, 0.2) is 0 Å². The fourth-order valence-electron chi connectivity index (χ4n) is 2.38. The van der Waals surface area contributed by atoms with Gasteiger partial charge in [0.1, 0.15) is 5.82 Å². The standard InChI is InChI=1S/C15H15N3O2/c1-2-13-16-9-10(17-13)7-8-18-14(19)11-5-3-4-6-12(11)15(18)20/h3-6,9H,2,7-8H2,1H3,(H,16,17). The number of H-pyrrole nitrogens is 1. The molecule has 0 unspecified atom stereocenters. The quantitative estimate of drug-likeness (QED) is 0.861. The van der Waals surface area contributed by atoms with E-state index in [0.717, 1.165) is 17.9 Å². The van der Waals surface area contributed by atoms with Gasteiger partial charge in [-0.3, -0.25) is 14.5 Å². The molecule has 1 aromatic heterocycles. The fraction of sp³-hybridized carbons (Fsp3) is 0.267. The van der Waals surface area contributed by atoms with Crippen molar-refractivity contribution < 1.29 is 9.59 Å². The number of aryl methyl sites for hydroxylation is 1. The monoisotopic (exact) mass is 269 g/mol. The van der Waals surface area contributed by atoms with Crippen molar-refractivity contribution in [2.24, 2.45) is 0 Å². The van der Waals surface area contributed by atoms with Gasteiger partial charge in [-0.2, -0.15) is 0 Å². The van der Waals surface area contributed by atoms with Gasteiger partial charge in [0.05, 0.1) is 16.8 Å². The van der Waals surface area contributed by atoms with Crippen molar-refractivity contribution in [1.82, 2.24) is 14.9 Å². The van der Waals surface area contributed by atoms with Gasteiger partial charge in [-0.1, -0.05) is 19.1 Å². The second kappa shape index (κ2) is 4.92. The minimum Gasteiger partial charge on any atom is -0.348 e.